The van der Waals surface area contributed by atoms with Crippen LogP contribution in [0.15, 0.2) is 46.2 Å². The summed E-state index contributed by atoms with van der Waals surface area (Å²) in [5.41, 5.74) is 11.6. The van der Waals surface area contributed by atoms with Gasteiger partial charge in [0.25, 0.3) is 5.92 Å². The Morgan fingerprint density at radius 2 is 1.94 bits per heavy atom. The molecule has 33 heavy (non-hydrogen) atoms. The number of hydrogen-bond donors (Lipinski definition) is 2. The first-order valence-corrected chi connectivity index (χ1v) is 11.4. The Balaban J connectivity index is 0.000000196. The molecule has 1 aliphatic carbocycles. The minimum Gasteiger partial charge on any atom is -0.326 e. The first kappa shape index (κ1) is 23.3. The molecule has 2 heterocycles. The molecular formula is C25H31F2N5O. The van der Waals surface area contributed by atoms with Crippen molar-refractivity contribution in [3.63, 3.8) is 0 Å². The number of aryl methyl sites for hydroxylation is 2. The summed E-state index contributed by atoms with van der Waals surface area (Å²) >= 11 is 0. The first-order chi connectivity index (χ1) is 15.8. The molecule has 176 valence electrons. The predicted octanol–water partition coefficient (Wildman–Crippen LogP) is 3.95. The van der Waals surface area contributed by atoms with Crippen LogP contribution >= 0.6 is 0 Å². The first-order valence-electron chi connectivity index (χ1n) is 11.4. The van der Waals surface area contributed by atoms with Gasteiger partial charge in [-0.15, -0.1) is 0 Å². The summed E-state index contributed by atoms with van der Waals surface area (Å²) in [4.78, 5) is 16.2. The molecule has 1 aromatic heterocycles. The van der Waals surface area contributed by atoms with Crippen molar-refractivity contribution in [3.8, 4) is 0 Å². The van der Waals surface area contributed by atoms with E-state index in [9.17, 15) is 13.6 Å². The van der Waals surface area contributed by atoms with Crippen LogP contribution in [0.1, 0.15) is 42.4 Å². The number of nitrogens with one attached hydrogen (secondary N) is 1. The van der Waals surface area contributed by atoms with Gasteiger partial charge in [0.05, 0.1) is 22.8 Å². The summed E-state index contributed by atoms with van der Waals surface area (Å²) in [6.07, 6.45) is 4.83. The highest BCUT2D eigenvalue weighted by Gasteiger charge is 2.40. The number of nitrogens with zero attached hydrogens (tertiary/aromatic N) is 3. The van der Waals surface area contributed by atoms with E-state index in [1.165, 1.54) is 5.56 Å². The van der Waals surface area contributed by atoms with E-state index in [2.05, 4.69) is 16.4 Å². The number of fused-ring (bicyclic) bond motifs is 2. The van der Waals surface area contributed by atoms with Crippen molar-refractivity contribution in [1.29, 1.82) is 0 Å². The smallest absolute Gasteiger partial charge is 0.326 e. The SMILES string of the molecule is Cn1c(=O)n(C)c2cc(CN[C@@H]3CCCCC3(F)F)ccc21.NCc1cccc2c1N=CC2. The van der Waals surface area contributed by atoms with Gasteiger partial charge in [0.1, 0.15) is 0 Å². The maximum atomic E-state index is 13.8. The lowest BCUT2D eigenvalue weighted by atomic mass is 9.91. The maximum absolute atomic E-state index is 13.8. The van der Waals surface area contributed by atoms with Crippen LogP contribution in [0.2, 0.25) is 0 Å². The highest BCUT2D eigenvalue weighted by atomic mass is 19.3. The van der Waals surface area contributed by atoms with Crippen LogP contribution in [0, 0.1) is 0 Å². The standard InChI is InChI=1S/C16H21F2N3O.C9H10N2/c1-20-12-7-6-11(9-13(12)21(2)15(20)22)10-19-14-5-3-4-8-16(14,17)18;10-6-8-3-1-2-7-4-5-11-9(7)8/h6-7,9,14,19H,3-5,8,10H2,1-2H3;1-3,5H,4,6,10H2/t14-;/m1./s1. The maximum Gasteiger partial charge on any atom is 0.328 e. The summed E-state index contributed by atoms with van der Waals surface area (Å²) in [5.74, 6) is -2.62. The molecule has 3 N–H and O–H groups in total. The Hall–Kier alpha value is -2.84. The second-order valence-corrected chi connectivity index (χ2v) is 8.81. The number of benzene rings is 2. The minimum absolute atomic E-state index is 0.0309. The Morgan fingerprint density at radius 1 is 1.15 bits per heavy atom. The second-order valence-electron chi connectivity index (χ2n) is 8.81. The average Bonchev–Trinajstić information content (AvgIpc) is 3.38. The van der Waals surface area contributed by atoms with Crippen molar-refractivity contribution in [2.24, 2.45) is 24.8 Å². The molecule has 2 aliphatic rings. The third-order valence-electron chi connectivity index (χ3n) is 6.61. The highest BCUT2D eigenvalue weighted by molar-refractivity contribution is 5.77. The van der Waals surface area contributed by atoms with Gasteiger partial charge in [-0.3, -0.25) is 14.1 Å². The molecule has 0 saturated heterocycles. The van der Waals surface area contributed by atoms with Crippen LogP contribution in [-0.2, 0) is 33.6 Å². The molecule has 6 nitrogen and oxygen atoms in total. The topological polar surface area (TPSA) is 77.3 Å². The largest absolute Gasteiger partial charge is 0.328 e. The Labute approximate surface area is 192 Å². The van der Waals surface area contributed by atoms with Crippen molar-refractivity contribution < 1.29 is 8.78 Å². The van der Waals surface area contributed by atoms with Crippen molar-refractivity contribution in [2.75, 3.05) is 0 Å². The van der Waals surface area contributed by atoms with Gasteiger partial charge in [-0.1, -0.05) is 30.7 Å². The fourth-order valence-electron chi connectivity index (χ4n) is 4.62. The van der Waals surface area contributed by atoms with Crippen molar-refractivity contribution in [3.05, 3.63) is 63.6 Å². The summed E-state index contributed by atoms with van der Waals surface area (Å²) in [6.45, 7) is 0.972. The number of imidazole rings is 1. The number of aromatic nitrogens is 2. The van der Waals surface area contributed by atoms with Crippen LogP contribution in [0.5, 0.6) is 0 Å². The van der Waals surface area contributed by atoms with Gasteiger partial charge in [0.15, 0.2) is 0 Å². The van der Waals surface area contributed by atoms with E-state index in [0.29, 0.717) is 25.9 Å². The van der Waals surface area contributed by atoms with Crippen molar-refractivity contribution in [1.82, 2.24) is 14.5 Å². The third-order valence-corrected chi connectivity index (χ3v) is 6.61. The third kappa shape index (κ3) is 4.77. The molecule has 1 atom stereocenters. The molecule has 5 rings (SSSR count). The van der Waals surface area contributed by atoms with E-state index in [4.69, 9.17) is 5.73 Å². The van der Waals surface area contributed by atoms with E-state index < -0.39 is 12.0 Å². The zero-order valence-corrected chi connectivity index (χ0v) is 19.2. The summed E-state index contributed by atoms with van der Waals surface area (Å²) in [7, 11) is 3.45. The van der Waals surface area contributed by atoms with Gasteiger partial charge in [-0.2, -0.15) is 0 Å². The molecule has 2 aromatic carbocycles. The number of alkyl halides is 2. The van der Waals surface area contributed by atoms with Gasteiger partial charge < -0.3 is 11.1 Å². The second kappa shape index (κ2) is 9.57. The van der Waals surface area contributed by atoms with E-state index >= 15 is 0 Å². The molecule has 1 fully saturated rings. The lowest BCUT2D eigenvalue weighted by Crippen LogP contribution is -2.46. The molecular weight excluding hydrogens is 424 g/mol. The van der Waals surface area contributed by atoms with Gasteiger partial charge in [-0.25, -0.2) is 13.6 Å². The molecule has 1 saturated carbocycles. The number of hydrogen-bond acceptors (Lipinski definition) is 4. The fraction of sp³-hybridized carbons (Fsp3) is 0.440. The Kier molecular flexibility index (Phi) is 6.76. The Bertz CT molecular complexity index is 1230. The number of rotatable bonds is 4. The molecule has 0 unspecified atom stereocenters. The van der Waals surface area contributed by atoms with E-state index in [1.54, 1.807) is 23.2 Å². The summed E-state index contributed by atoms with van der Waals surface area (Å²) in [5, 5.41) is 2.99. The van der Waals surface area contributed by atoms with Gasteiger partial charge in [0, 0.05) is 46.2 Å². The quantitative estimate of drug-likeness (QED) is 0.625. The van der Waals surface area contributed by atoms with Gasteiger partial charge in [0.2, 0.25) is 0 Å². The van der Waals surface area contributed by atoms with E-state index in [1.807, 2.05) is 36.5 Å². The van der Waals surface area contributed by atoms with Crippen LogP contribution in [0.3, 0.4) is 0 Å². The van der Waals surface area contributed by atoms with Gasteiger partial charge >= 0.3 is 5.69 Å². The van der Waals surface area contributed by atoms with Gasteiger partial charge in [-0.05, 0) is 41.7 Å². The normalized spacial score (nSPS) is 18.8. The van der Waals surface area contributed by atoms with Crippen LogP contribution in [0.25, 0.3) is 11.0 Å². The zero-order chi connectivity index (χ0) is 23.6. The molecule has 3 aromatic rings. The lowest BCUT2D eigenvalue weighted by Gasteiger charge is -2.32. The van der Waals surface area contributed by atoms with E-state index in [0.717, 1.165) is 40.7 Å². The van der Waals surface area contributed by atoms with Crippen LogP contribution < -0.4 is 16.7 Å². The zero-order valence-electron chi connectivity index (χ0n) is 19.2. The molecule has 8 heteroatoms. The summed E-state index contributed by atoms with van der Waals surface area (Å²) < 4.78 is 30.8. The molecule has 0 spiro atoms. The number of aliphatic imine (C=N–C) groups is 1. The molecule has 0 radical (unpaired) electrons. The van der Waals surface area contributed by atoms with Crippen molar-refractivity contribution >= 4 is 22.9 Å². The monoisotopic (exact) mass is 455 g/mol. The number of nitrogens with two attached hydrogens (primary N) is 1. The highest BCUT2D eigenvalue weighted by Crippen LogP contribution is 2.33. The van der Waals surface area contributed by atoms with E-state index in [-0.39, 0.29) is 12.1 Å². The molecule has 0 amide bonds. The van der Waals surface area contributed by atoms with Crippen LogP contribution in [0.4, 0.5) is 14.5 Å². The molecule has 1 aliphatic heterocycles. The number of para-hydroxylation sites is 1. The fourth-order valence-corrected chi connectivity index (χ4v) is 4.62. The predicted molar refractivity (Wildman–Crippen MR) is 128 cm³/mol. The average molecular weight is 456 g/mol. The minimum atomic E-state index is -2.62. The van der Waals surface area contributed by atoms with Crippen molar-refractivity contribution in [2.45, 2.75) is 57.2 Å². The van der Waals surface area contributed by atoms with Crippen LogP contribution in [-0.4, -0.2) is 27.3 Å². The number of halogens is 2. The lowest BCUT2D eigenvalue weighted by molar-refractivity contribution is -0.0640. The summed E-state index contributed by atoms with van der Waals surface area (Å²) in [6, 6.07) is 11.1. The molecule has 0 bridgehead atoms. The Morgan fingerprint density at radius 3 is 2.70 bits per heavy atom.